The van der Waals surface area contributed by atoms with E-state index in [1.54, 1.807) is 16.8 Å². The Morgan fingerprint density at radius 3 is 2.70 bits per heavy atom. The number of nitrogens with two attached hydrogens (primary N) is 1. The van der Waals surface area contributed by atoms with Crippen molar-refractivity contribution in [2.45, 2.75) is 20.4 Å². The summed E-state index contributed by atoms with van der Waals surface area (Å²) in [5, 5.41) is 7.06. The van der Waals surface area contributed by atoms with Gasteiger partial charge in [0.15, 0.2) is 0 Å². The van der Waals surface area contributed by atoms with E-state index in [1.807, 2.05) is 32.0 Å². The highest BCUT2D eigenvalue weighted by molar-refractivity contribution is 7.80. The van der Waals surface area contributed by atoms with Crippen LogP contribution >= 0.6 is 12.2 Å². The summed E-state index contributed by atoms with van der Waals surface area (Å²) in [6.07, 6.45) is 0. The number of nitrogens with one attached hydrogen (secondary N) is 1. The van der Waals surface area contributed by atoms with Crippen LogP contribution in [0.15, 0.2) is 30.3 Å². The van der Waals surface area contributed by atoms with Gasteiger partial charge in [0.25, 0.3) is 0 Å². The molecule has 5 nitrogen and oxygen atoms in total. The third kappa shape index (κ3) is 3.21. The SMILES string of the molecule is Cc1cc(C)n(CC(=O)Nc2ccccc2C(N)=S)n1. The average Bonchev–Trinajstić information content (AvgIpc) is 2.68. The van der Waals surface area contributed by atoms with Gasteiger partial charge in [0.1, 0.15) is 11.5 Å². The molecule has 0 atom stereocenters. The van der Waals surface area contributed by atoms with E-state index in [9.17, 15) is 4.79 Å². The van der Waals surface area contributed by atoms with Crippen molar-refractivity contribution in [3.63, 3.8) is 0 Å². The second-order valence-corrected chi connectivity index (χ2v) is 4.98. The molecule has 1 aromatic carbocycles. The van der Waals surface area contributed by atoms with Gasteiger partial charge in [-0.1, -0.05) is 24.4 Å². The van der Waals surface area contributed by atoms with Crippen molar-refractivity contribution < 1.29 is 4.79 Å². The number of para-hydroxylation sites is 1. The predicted molar refractivity (Wildman–Crippen MR) is 82.7 cm³/mol. The molecule has 1 amide bonds. The van der Waals surface area contributed by atoms with Crippen LogP contribution in [0.2, 0.25) is 0 Å². The van der Waals surface area contributed by atoms with E-state index in [1.165, 1.54) is 0 Å². The number of carbonyl (C=O) groups is 1. The van der Waals surface area contributed by atoms with Crippen LogP contribution < -0.4 is 11.1 Å². The molecule has 20 heavy (non-hydrogen) atoms. The number of benzene rings is 1. The second-order valence-electron chi connectivity index (χ2n) is 4.54. The zero-order valence-electron chi connectivity index (χ0n) is 11.4. The zero-order valence-corrected chi connectivity index (χ0v) is 12.2. The summed E-state index contributed by atoms with van der Waals surface area (Å²) < 4.78 is 1.66. The standard InChI is InChI=1S/C14H16N4OS/c1-9-7-10(2)18(17-9)8-13(19)16-12-6-4-3-5-11(12)14(15)20/h3-7H,8H2,1-2H3,(H2,15,20)(H,16,19). The molecule has 3 N–H and O–H groups in total. The molecule has 2 aromatic rings. The first-order chi connectivity index (χ1) is 9.47. The number of carbonyl (C=O) groups excluding carboxylic acids is 1. The van der Waals surface area contributed by atoms with E-state index in [4.69, 9.17) is 18.0 Å². The van der Waals surface area contributed by atoms with Crippen LogP contribution in [0.4, 0.5) is 5.69 Å². The number of amides is 1. The number of thiocarbonyl (C=S) groups is 1. The van der Waals surface area contributed by atoms with Crippen LogP contribution in [-0.4, -0.2) is 20.7 Å². The molecule has 0 bridgehead atoms. The molecule has 0 aliphatic heterocycles. The molecular formula is C14H16N4OS. The molecule has 0 saturated carbocycles. The summed E-state index contributed by atoms with van der Waals surface area (Å²) >= 11 is 4.97. The van der Waals surface area contributed by atoms with Gasteiger partial charge in [-0.3, -0.25) is 9.48 Å². The minimum absolute atomic E-state index is 0.158. The second kappa shape index (κ2) is 5.83. The first-order valence-electron chi connectivity index (χ1n) is 6.17. The lowest BCUT2D eigenvalue weighted by molar-refractivity contribution is -0.116. The Kier molecular flexibility index (Phi) is 4.14. The van der Waals surface area contributed by atoms with Gasteiger partial charge in [-0.05, 0) is 32.0 Å². The molecule has 0 aliphatic rings. The fourth-order valence-electron chi connectivity index (χ4n) is 1.97. The predicted octanol–water partition coefficient (Wildman–Crippen LogP) is 1.77. The number of aromatic nitrogens is 2. The first kappa shape index (κ1) is 14.2. The van der Waals surface area contributed by atoms with Gasteiger partial charge in [0.05, 0.1) is 11.4 Å². The van der Waals surface area contributed by atoms with Gasteiger partial charge >= 0.3 is 0 Å². The lowest BCUT2D eigenvalue weighted by Gasteiger charge is -2.10. The molecule has 0 fully saturated rings. The Labute approximate surface area is 122 Å². The highest BCUT2D eigenvalue weighted by Crippen LogP contribution is 2.15. The van der Waals surface area contributed by atoms with Crippen LogP contribution in [-0.2, 0) is 11.3 Å². The van der Waals surface area contributed by atoms with Gasteiger partial charge in [0, 0.05) is 11.3 Å². The van der Waals surface area contributed by atoms with Gasteiger partial charge < -0.3 is 11.1 Å². The average molecular weight is 288 g/mol. The van der Waals surface area contributed by atoms with Crippen molar-refractivity contribution in [1.29, 1.82) is 0 Å². The normalized spacial score (nSPS) is 10.3. The third-order valence-corrected chi connectivity index (χ3v) is 3.08. The maximum absolute atomic E-state index is 12.1. The van der Waals surface area contributed by atoms with Crippen LogP contribution in [0.1, 0.15) is 17.0 Å². The summed E-state index contributed by atoms with van der Waals surface area (Å²) in [6, 6.07) is 9.12. The van der Waals surface area contributed by atoms with E-state index in [0.29, 0.717) is 11.3 Å². The Hall–Kier alpha value is -2.21. The lowest BCUT2D eigenvalue weighted by Crippen LogP contribution is -2.22. The van der Waals surface area contributed by atoms with Crippen molar-refractivity contribution in [3.8, 4) is 0 Å². The van der Waals surface area contributed by atoms with E-state index < -0.39 is 0 Å². The fraction of sp³-hybridized carbons (Fsp3) is 0.214. The summed E-state index contributed by atoms with van der Waals surface area (Å²) in [7, 11) is 0. The lowest BCUT2D eigenvalue weighted by atomic mass is 10.2. The molecule has 1 heterocycles. The van der Waals surface area contributed by atoms with Gasteiger partial charge in [-0.2, -0.15) is 5.10 Å². The highest BCUT2D eigenvalue weighted by atomic mass is 32.1. The van der Waals surface area contributed by atoms with Gasteiger partial charge in [-0.25, -0.2) is 0 Å². The number of rotatable bonds is 4. The molecule has 2 rings (SSSR count). The van der Waals surface area contributed by atoms with E-state index in [2.05, 4.69) is 10.4 Å². The molecule has 6 heteroatoms. The van der Waals surface area contributed by atoms with Crippen LogP contribution in [0.5, 0.6) is 0 Å². The number of anilines is 1. The summed E-state index contributed by atoms with van der Waals surface area (Å²) in [5.41, 5.74) is 8.74. The van der Waals surface area contributed by atoms with E-state index in [-0.39, 0.29) is 17.4 Å². The summed E-state index contributed by atoms with van der Waals surface area (Å²) in [5.74, 6) is -0.167. The molecule has 0 aliphatic carbocycles. The number of hydrogen-bond acceptors (Lipinski definition) is 3. The number of aryl methyl sites for hydroxylation is 2. The maximum Gasteiger partial charge on any atom is 0.246 e. The molecular weight excluding hydrogens is 272 g/mol. The smallest absolute Gasteiger partial charge is 0.246 e. The van der Waals surface area contributed by atoms with Crippen molar-refractivity contribution in [2.75, 3.05) is 5.32 Å². The number of nitrogens with zero attached hydrogens (tertiary/aromatic N) is 2. The topological polar surface area (TPSA) is 72.9 Å². The Morgan fingerprint density at radius 2 is 2.10 bits per heavy atom. The molecule has 0 saturated heterocycles. The maximum atomic E-state index is 12.1. The first-order valence-corrected chi connectivity index (χ1v) is 6.58. The van der Waals surface area contributed by atoms with Crippen molar-refractivity contribution in [3.05, 3.63) is 47.3 Å². The van der Waals surface area contributed by atoms with Crippen molar-refractivity contribution in [2.24, 2.45) is 5.73 Å². The van der Waals surface area contributed by atoms with Crippen molar-refractivity contribution >= 4 is 28.8 Å². The van der Waals surface area contributed by atoms with E-state index in [0.717, 1.165) is 11.4 Å². The number of hydrogen-bond donors (Lipinski definition) is 2. The van der Waals surface area contributed by atoms with Crippen LogP contribution in [0, 0.1) is 13.8 Å². The largest absolute Gasteiger partial charge is 0.389 e. The van der Waals surface area contributed by atoms with Crippen molar-refractivity contribution in [1.82, 2.24) is 9.78 Å². The van der Waals surface area contributed by atoms with Crippen LogP contribution in [0.25, 0.3) is 0 Å². The molecule has 104 valence electrons. The zero-order chi connectivity index (χ0) is 14.7. The summed E-state index contributed by atoms with van der Waals surface area (Å²) in [4.78, 5) is 12.3. The Morgan fingerprint density at radius 1 is 1.40 bits per heavy atom. The minimum Gasteiger partial charge on any atom is -0.389 e. The Bertz CT molecular complexity index is 663. The molecule has 0 spiro atoms. The third-order valence-electron chi connectivity index (χ3n) is 2.86. The minimum atomic E-state index is -0.167. The molecule has 1 aromatic heterocycles. The molecule has 0 radical (unpaired) electrons. The van der Waals surface area contributed by atoms with E-state index >= 15 is 0 Å². The van der Waals surface area contributed by atoms with Crippen LogP contribution in [0.3, 0.4) is 0 Å². The Balaban J connectivity index is 2.13. The van der Waals surface area contributed by atoms with Gasteiger partial charge in [0.2, 0.25) is 5.91 Å². The quantitative estimate of drug-likeness (QED) is 0.841. The highest BCUT2D eigenvalue weighted by Gasteiger charge is 2.10. The fourth-order valence-corrected chi connectivity index (χ4v) is 2.15. The van der Waals surface area contributed by atoms with Gasteiger partial charge in [-0.15, -0.1) is 0 Å². The summed E-state index contributed by atoms with van der Waals surface area (Å²) in [6.45, 7) is 3.96. The molecule has 0 unspecified atom stereocenters. The monoisotopic (exact) mass is 288 g/mol.